The molecule has 1 saturated heterocycles. The number of nitrogens with one attached hydrogen (secondary N) is 2. The van der Waals surface area contributed by atoms with E-state index < -0.39 is 0 Å². The van der Waals surface area contributed by atoms with Gasteiger partial charge in [-0.15, -0.1) is 0 Å². The first-order valence-corrected chi connectivity index (χ1v) is 9.67. The van der Waals surface area contributed by atoms with E-state index in [0.717, 1.165) is 23.3 Å². The third-order valence-electron chi connectivity index (χ3n) is 5.28. The Morgan fingerprint density at radius 3 is 2.75 bits per heavy atom. The molecule has 2 aromatic carbocycles. The van der Waals surface area contributed by atoms with Crippen LogP contribution in [0.5, 0.6) is 0 Å². The summed E-state index contributed by atoms with van der Waals surface area (Å²) < 4.78 is 0. The number of benzene rings is 2. The smallest absolute Gasteiger partial charge is 0.226 e. The summed E-state index contributed by atoms with van der Waals surface area (Å²) in [7, 11) is 0. The maximum Gasteiger partial charge on any atom is 0.226 e. The zero-order chi connectivity index (χ0) is 19.5. The summed E-state index contributed by atoms with van der Waals surface area (Å²) in [4.78, 5) is 34.6. The van der Waals surface area contributed by atoms with Crippen molar-refractivity contribution < 1.29 is 9.59 Å². The van der Waals surface area contributed by atoms with Gasteiger partial charge in [0.25, 0.3) is 0 Å². The summed E-state index contributed by atoms with van der Waals surface area (Å²) in [5.74, 6) is 0.367. The van der Waals surface area contributed by atoms with Gasteiger partial charge in [-0.25, -0.2) is 4.98 Å². The quantitative estimate of drug-likeness (QED) is 0.694. The highest BCUT2D eigenvalue weighted by Gasteiger charge is 2.34. The number of fused-ring (bicyclic) bond motifs is 1. The van der Waals surface area contributed by atoms with E-state index in [4.69, 9.17) is 0 Å². The number of likely N-dealkylation sites (tertiary alicyclic amines) is 1. The summed E-state index contributed by atoms with van der Waals surface area (Å²) >= 11 is 0. The molecule has 0 bridgehead atoms. The van der Waals surface area contributed by atoms with Gasteiger partial charge in [0.2, 0.25) is 11.8 Å². The molecule has 2 amide bonds. The largest absolute Gasteiger partial charge is 0.346 e. The zero-order valence-corrected chi connectivity index (χ0v) is 15.9. The first kappa shape index (κ1) is 18.2. The highest BCUT2D eigenvalue weighted by Crippen LogP contribution is 2.21. The average molecular weight is 376 g/mol. The standard InChI is InChI=1S/C22H24N4O2/c1-15(21-24-18-9-5-6-10-19(18)25-21)23-22(28)17-13-20(27)26(14-17)12-11-16-7-3-2-4-8-16/h2-10,15,17H,11-14H2,1H3,(H,23,28)(H,24,25)/t15-,17+/m1/s1. The molecule has 0 saturated carbocycles. The van der Waals surface area contributed by atoms with E-state index in [0.29, 0.717) is 13.1 Å². The molecular weight excluding hydrogens is 352 g/mol. The number of hydrogen-bond acceptors (Lipinski definition) is 3. The molecule has 28 heavy (non-hydrogen) atoms. The molecule has 2 N–H and O–H groups in total. The van der Waals surface area contributed by atoms with Crippen molar-refractivity contribution in [3.05, 3.63) is 66.0 Å². The molecule has 2 atom stereocenters. The number of carbonyl (C=O) groups is 2. The van der Waals surface area contributed by atoms with Gasteiger partial charge < -0.3 is 15.2 Å². The minimum atomic E-state index is -0.310. The van der Waals surface area contributed by atoms with E-state index >= 15 is 0 Å². The lowest BCUT2D eigenvalue weighted by Gasteiger charge is -2.18. The molecule has 6 heteroatoms. The number of aromatic amines is 1. The van der Waals surface area contributed by atoms with Crippen LogP contribution in [0.4, 0.5) is 0 Å². The van der Waals surface area contributed by atoms with Crippen molar-refractivity contribution >= 4 is 22.8 Å². The number of imidazole rings is 1. The van der Waals surface area contributed by atoms with E-state index in [-0.39, 0.29) is 30.2 Å². The molecule has 1 aliphatic rings. The van der Waals surface area contributed by atoms with Crippen molar-refractivity contribution in [3.8, 4) is 0 Å². The third-order valence-corrected chi connectivity index (χ3v) is 5.28. The van der Waals surface area contributed by atoms with Gasteiger partial charge >= 0.3 is 0 Å². The maximum absolute atomic E-state index is 12.7. The van der Waals surface area contributed by atoms with E-state index in [1.165, 1.54) is 5.56 Å². The van der Waals surface area contributed by atoms with Crippen molar-refractivity contribution in [1.29, 1.82) is 0 Å². The predicted molar refractivity (Wildman–Crippen MR) is 107 cm³/mol. The van der Waals surface area contributed by atoms with Crippen molar-refractivity contribution in [2.75, 3.05) is 13.1 Å². The number of nitrogens with zero attached hydrogens (tertiary/aromatic N) is 2. The minimum Gasteiger partial charge on any atom is -0.346 e. The van der Waals surface area contributed by atoms with Gasteiger partial charge in [-0.05, 0) is 31.0 Å². The van der Waals surface area contributed by atoms with Crippen LogP contribution in [0.1, 0.15) is 30.8 Å². The van der Waals surface area contributed by atoms with Gasteiger partial charge in [-0.2, -0.15) is 0 Å². The normalized spacial score (nSPS) is 17.8. The van der Waals surface area contributed by atoms with E-state index in [1.54, 1.807) is 4.90 Å². The SMILES string of the molecule is C[C@@H](NC(=O)[C@H]1CC(=O)N(CCc2ccccc2)C1)c1nc2ccccc2[nH]1. The maximum atomic E-state index is 12.7. The molecule has 1 aromatic heterocycles. The van der Waals surface area contributed by atoms with Crippen LogP contribution in [0.3, 0.4) is 0 Å². The first-order chi connectivity index (χ1) is 13.6. The average Bonchev–Trinajstić information content (AvgIpc) is 3.31. The predicted octanol–water partition coefficient (Wildman–Crippen LogP) is 2.83. The van der Waals surface area contributed by atoms with Crippen LogP contribution in [0.2, 0.25) is 0 Å². The van der Waals surface area contributed by atoms with Gasteiger partial charge in [0.15, 0.2) is 0 Å². The van der Waals surface area contributed by atoms with Crippen LogP contribution in [0.25, 0.3) is 11.0 Å². The van der Waals surface area contributed by atoms with Crippen LogP contribution in [-0.2, 0) is 16.0 Å². The van der Waals surface area contributed by atoms with Crippen LogP contribution < -0.4 is 5.32 Å². The molecule has 0 unspecified atom stereocenters. The molecule has 2 heterocycles. The number of amides is 2. The lowest BCUT2D eigenvalue weighted by Crippen LogP contribution is -2.35. The molecule has 0 spiro atoms. The van der Waals surface area contributed by atoms with Crippen molar-refractivity contribution in [2.45, 2.75) is 25.8 Å². The number of hydrogen-bond donors (Lipinski definition) is 2. The number of para-hydroxylation sites is 2. The Morgan fingerprint density at radius 2 is 1.96 bits per heavy atom. The van der Waals surface area contributed by atoms with Crippen LogP contribution >= 0.6 is 0 Å². The van der Waals surface area contributed by atoms with Gasteiger partial charge in [-0.3, -0.25) is 9.59 Å². The number of carbonyl (C=O) groups excluding carboxylic acids is 2. The molecule has 0 radical (unpaired) electrons. The highest BCUT2D eigenvalue weighted by molar-refractivity contribution is 5.89. The summed E-state index contributed by atoms with van der Waals surface area (Å²) in [5, 5.41) is 3.00. The van der Waals surface area contributed by atoms with Crippen molar-refractivity contribution in [1.82, 2.24) is 20.2 Å². The molecule has 4 rings (SSSR count). The van der Waals surface area contributed by atoms with Crippen molar-refractivity contribution in [3.63, 3.8) is 0 Å². The lowest BCUT2D eigenvalue weighted by atomic mass is 10.1. The molecule has 1 aliphatic heterocycles. The Hall–Kier alpha value is -3.15. The fourth-order valence-corrected chi connectivity index (χ4v) is 3.65. The summed E-state index contributed by atoms with van der Waals surface area (Å²) in [6.07, 6.45) is 1.07. The summed E-state index contributed by atoms with van der Waals surface area (Å²) in [5.41, 5.74) is 3.02. The molecule has 0 aliphatic carbocycles. The van der Waals surface area contributed by atoms with E-state index in [9.17, 15) is 9.59 Å². The first-order valence-electron chi connectivity index (χ1n) is 9.67. The zero-order valence-electron chi connectivity index (χ0n) is 15.9. The summed E-state index contributed by atoms with van der Waals surface area (Å²) in [6.45, 7) is 3.02. The minimum absolute atomic E-state index is 0.0486. The van der Waals surface area contributed by atoms with Crippen LogP contribution in [-0.4, -0.2) is 39.8 Å². The van der Waals surface area contributed by atoms with Gasteiger partial charge in [-0.1, -0.05) is 42.5 Å². The Bertz CT molecular complexity index is 949. The molecule has 6 nitrogen and oxygen atoms in total. The Labute approximate surface area is 164 Å². The van der Waals surface area contributed by atoms with E-state index in [1.807, 2.05) is 49.4 Å². The fourth-order valence-electron chi connectivity index (χ4n) is 3.65. The van der Waals surface area contributed by atoms with Gasteiger partial charge in [0.1, 0.15) is 5.82 Å². The Morgan fingerprint density at radius 1 is 1.21 bits per heavy atom. The lowest BCUT2D eigenvalue weighted by molar-refractivity contribution is -0.129. The second kappa shape index (κ2) is 7.84. The number of rotatable bonds is 6. The van der Waals surface area contributed by atoms with Gasteiger partial charge in [0, 0.05) is 19.5 Å². The van der Waals surface area contributed by atoms with Crippen molar-refractivity contribution in [2.24, 2.45) is 5.92 Å². The van der Waals surface area contributed by atoms with Crippen LogP contribution in [0, 0.1) is 5.92 Å². The molecule has 3 aromatic rings. The second-order valence-electron chi connectivity index (χ2n) is 7.35. The molecule has 144 valence electrons. The van der Waals surface area contributed by atoms with E-state index in [2.05, 4.69) is 27.4 Å². The topological polar surface area (TPSA) is 78.1 Å². The monoisotopic (exact) mass is 376 g/mol. The highest BCUT2D eigenvalue weighted by atomic mass is 16.2. The molecule has 1 fully saturated rings. The van der Waals surface area contributed by atoms with Gasteiger partial charge in [0.05, 0.1) is 23.0 Å². The summed E-state index contributed by atoms with van der Waals surface area (Å²) in [6, 6.07) is 17.6. The number of H-pyrrole nitrogens is 1. The second-order valence-corrected chi connectivity index (χ2v) is 7.35. The Balaban J connectivity index is 1.33. The third kappa shape index (κ3) is 3.91. The fraction of sp³-hybridized carbons (Fsp3) is 0.318. The van der Waals surface area contributed by atoms with Crippen LogP contribution in [0.15, 0.2) is 54.6 Å². The molecular formula is C22H24N4O2. The Kier molecular flexibility index (Phi) is 5.10. The number of aromatic nitrogens is 2.